The van der Waals surface area contributed by atoms with Crippen LogP contribution in [0.1, 0.15) is 25.7 Å². The van der Waals surface area contributed by atoms with Gasteiger partial charge in [-0.1, -0.05) is 0 Å². The van der Waals surface area contributed by atoms with Crippen LogP contribution >= 0.6 is 15.9 Å². The molecule has 1 fully saturated rings. The molecule has 0 atom stereocenters. The second-order valence-electron chi connectivity index (χ2n) is 4.26. The SMILES string of the molecule is OCC1CCC(Oc2ccc(Br)cn2)CC1. The van der Waals surface area contributed by atoms with E-state index < -0.39 is 0 Å². The predicted octanol–water partition coefficient (Wildman–Crippen LogP) is 2.77. The molecule has 0 bridgehead atoms. The van der Waals surface area contributed by atoms with Crippen LogP contribution in [0.4, 0.5) is 0 Å². The standard InChI is InChI=1S/C12H16BrNO2/c13-10-3-6-12(14-7-10)16-11-4-1-9(8-15)2-5-11/h3,6-7,9,11,15H,1-2,4-5,8H2. The summed E-state index contributed by atoms with van der Waals surface area (Å²) < 4.78 is 6.75. The molecule has 1 aromatic heterocycles. The number of rotatable bonds is 3. The summed E-state index contributed by atoms with van der Waals surface area (Å²) in [5.41, 5.74) is 0. The van der Waals surface area contributed by atoms with Crippen molar-refractivity contribution in [2.24, 2.45) is 5.92 Å². The quantitative estimate of drug-likeness (QED) is 0.929. The van der Waals surface area contributed by atoms with Crippen molar-refractivity contribution in [3.63, 3.8) is 0 Å². The second-order valence-corrected chi connectivity index (χ2v) is 5.17. The first-order chi connectivity index (χ1) is 7.78. The monoisotopic (exact) mass is 285 g/mol. The van der Waals surface area contributed by atoms with E-state index in [1.807, 2.05) is 12.1 Å². The molecule has 1 aliphatic carbocycles. The van der Waals surface area contributed by atoms with Crippen molar-refractivity contribution in [2.75, 3.05) is 6.61 Å². The van der Waals surface area contributed by atoms with Crippen LogP contribution in [0.15, 0.2) is 22.8 Å². The maximum atomic E-state index is 9.04. The van der Waals surface area contributed by atoms with Crippen LogP contribution in [-0.4, -0.2) is 22.8 Å². The van der Waals surface area contributed by atoms with Crippen molar-refractivity contribution in [2.45, 2.75) is 31.8 Å². The largest absolute Gasteiger partial charge is 0.474 e. The fraction of sp³-hybridized carbons (Fsp3) is 0.583. The van der Waals surface area contributed by atoms with E-state index in [-0.39, 0.29) is 6.10 Å². The Kier molecular flexibility index (Phi) is 4.18. The molecule has 3 nitrogen and oxygen atoms in total. The van der Waals surface area contributed by atoms with Crippen LogP contribution in [0.2, 0.25) is 0 Å². The lowest BCUT2D eigenvalue weighted by atomic mass is 9.88. The minimum atomic E-state index is 0.261. The summed E-state index contributed by atoms with van der Waals surface area (Å²) in [6, 6.07) is 3.81. The van der Waals surface area contributed by atoms with Gasteiger partial charge >= 0.3 is 0 Å². The summed E-state index contributed by atoms with van der Waals surface area (Å²) in [5, 5.41) is 9.04. The Hall–Kier alpha value is -0.610. The molecule has 2 rings (SSSR count). The van der Waals surface area contributed by atoms with Crippen LogP contribution < -0.4 is 4.74 Å². The van der Waals surface area contributed by atoms with Gasteiger partial charge in [-0.3, -0.25) is 0 Å². The third-order valence-electron chi connectivity index (χ3n) is 3.04. The molecule has 0 aromatic carbocycles. The van der Waals surface area contributed by atoms with E-state index in [2.05, 4.69) is 20.9 Å². The minimum absolute atomic E-state index is 0.261. The van der Waals surface area contributed by atoms with Crippen molar-refractivity contribution in [3.05, 3.63) is 22.8 Å². The van der Waals surface area contributed by atoms with Crippen LogP contribution in [0.25, 0.3) is 0 Å². The van der Waals surface area contributed by atoms with Gasteiger partial charge in [0, 0.05) is 23.3 Å². The molecule has 0 amide bonds. The summed E-state index contributed by atoms with van der Waals surface area (Å²) in [6.45, 7) is 0.309. The lowest BCUT2D eigenvalue weighted by molar-refractivity contribution is 0.100. The van der Waals surface area contributed by atoms with Gasteiger partial charge in [0.2, 0.25) is 5.88 Å². The number of hydrogen-bond donors (Lipinski definition) is 1. The smallest absolute Gasteiger partial charge is 0.213 e. The Balaban J connectivity index is 1.84. The van der Waals surface area contributed by atoms with E-state index in [9.17, 15) is 0 Å². The zero-order chi connectivity index (χ0) is 11.4. The Morgan fingerprint density at radius 1 is 1.31 bits per heavy atom. The summed E-state index contributed by atoms with van der Waals surface area (Å²) >= 11 is 3.34. The molecule has 0 spiro atoms. The minimum Gasteiger partial charge on any atom is -0.474 e. The van der Waals surface area contributed by atoms with E-state index in [1.165, 1.54) is 0 Å². The van der Waals surface area contributed by atoms with E-state index >= 15 is 0 Å². The number of pyridine rings is 1. The molecule has 0 aliphatic heterocycles. The van der Waals surface area contributed by atoms with E-state index in [0.29, 0.717) is 18.4 Å². The first kappa shape index (κ1) is 11.9. The molecular formula is C12H16BrNO2. The van der Waals surface area contributed by atoms with Crippen LogP contribution in [0.3, 0.4) is 0 Å². The Morgan fingerprint density at radius 3 is 2.62 bits per heavy atom. The van der Waals surface area contributed by atoms with Gasteiger partial charge in [-0.2, -0.15) is 0 Å². The summed E-state index contributed by atoms with van der Waals surface area (Å²) in [4.78, 5) is 4.19. The van der Waals surface area contributed by atoms with Gasteiger partial charge in [-0.15, -0.1) is 0 Å². The molecule has 88 valence electrons. The van der Waals surface area contributed by atoms with Crippen molar-refractivity contribution in [1.82, 2.24) is 4.98 Å². The summed E-state index contributed by atoms with van der Waals surface area (Å²) in [6.07, 6.45) is 6.15. The van der Waals surface area contributed by atoms with Crippen LogP contribution in [-0.2, 0) is 0 Å². The molecule has 1 aliphatic rings. The first-order valence-corrected chi connectivity index (χ1v) is 6.46. The molecule has 1 saturated carbocycles. The Labute approximate surface area is 104 Å². The first-order valence-electron chi connectivity index (χ1n) is 5.67. The fourth-order valence-electron chi connectivity index (χ4n) is 2.04. The molecule has 1 aromatic rings. The van der Waals surface area contributed by atoms with Crippen LogP contribution in [0, 0.1) is 5.92 Å². The highest BCUT2D eigenvalue weighted by Crippen LogP contribution is 2.26. The average molecular weight is 286 g/mol. The highest BCUT2D eigenvalue weighted by Gasteiger charge is 2.21. The van der Waals surface area contributed by atoms with Crippen molar-refractivity contribution < 1.29 is 9.84 Å². The zero-order valence-corrected chi connectivity index (χ0v) is 10.7. The highest BCUT2D eigenvalue weighted by atomic mass is 79.9. The fourth-order valence-corrected chi connectivity index (χ4v) is 2.27. The molecule has 0 radical (unpaired) electrons. The summed E-state index contributed by atoms with van der Waals surface area (Å²) in [5.74, 6) is 1.16. The molecular weight excluding hydrogens is 270 g/mol. The van der Waals surface area contributed by atoms with Gasteiger partial charge in [-0.05, 0) is 53.6 Å². The maximum Gasteiger partial charge on any atom is 0.213 e. The number of halogens is 1. The topological polar surface area (TPSA) is 42.4 Å². The zero-order valence-electron chi connectivity index (χ0n) is 9.10. The molecule has 1 N–H and O–H groups in total. The van der Waals surface area contributed by atoms with Crippen LogP contribution in [0.5, 0.6) is 5.88 Å². The number of aliphatic hydroxyl groups excluding tert-OH is 1. The van der Waals surface area contributed by atoms with Gasteiger partial charge in [0.05, 0.1) is 0 Å². The number of ether oxygens (including phenoxy) is 1. The van der Waals surface area contributed by atoms with Crippen molar-refractivity contribution in [1.29, 1.82) is 0 Å². The number of aliphatic hydroxyl groups is 1. The van der Waals surface area contributed by atoms with Crippen molar-refractivity contribution in [3.8, 4) is 5.88 Å². The van der Waals surface area contributed by atoms with Gasteiger partial charge < -0.3 is 9.84 Å². The van der Waals surface area contributed by atoms with Gasteiger partial charge in [0.1, 0.15) is 6.10 Å². The van der Waals surface area contributed by atoms with E-state index in [1.54, 1.807) is 6.20 Å². The maximum absolute atomic E-state index is 9.04. The normalized spacial score (nSPS) is 25.4. The van der Waals surface area contributed by atoms with E-state index in [0.717, 1.165) is 30.2 Å². The second kappa shape index (κ2) is 5.64. The Morgan fingerprint density at radius 2 is 2.06 bits per heavy atom. The van der Waals surface area contributed by atoms with Gasteiger partial charge in [0.25, 0.3) is 0 Å². The average Bonchev–Trinajstić information content (AvgIpc) is 2.33. The molecule has 4 heteroatoms. The number of hydrogen-bond acceptors (Lipinski definition) is 3. The number of aromatic nitrogens is 1. The van der Waals surface area contributed by atoms with Gasteiger partial charge in [-0.25, -0.2) is 4.98 Å². The summed E-state index contributed by atoms with van der Waals surface area (Å²) in [7, 11) is 0. The Bertz CT molecular complexity index is 320. The molecule has 0 saturated heterocycles. The third-order valence-corrected chi connectivity index (χ3v) is 3.51. The lowest BCUT2D eigenvalue weighted by Crippen LogP contribution is -2.25. The predicted molar refractivity (Wildman–Crippen MR) is 65.4 cm³/mol. The third kappa shape index (κ3) is 3.19. The number of nitrogens with zero attached hydrogens (tertiary/aromatic N) is 1. The van der Waals surface area contributed by atoms with E-state index in [4.69, 9.17) is 9.84 Å². The molecule has 1 heterocycles. The molecule has 0 unspecified atom stereocenters. The lowest BCUT2D eigenvalue weighted by Gasteiger charge is -2.27. The molecule has 16 heavy (non-hydrogen) atoms. The highest BCUT2D eigenvalue weighted by molar-refractivity contribution is 9.10. The van der Waals surface area contributed by atoms with Gasteiger partial charge in [0.15, 0.2) is 0 Å². The van der Waals surface area contributed by atoms with Crippen molar-refractivity contribution >= 4 is 15.9 Å².